The number of benzene rings is 1. The Morgan fingerprint density at radius 3 is 2.95 bits per heavy atom. The van der Waals surface area contributed by atoms with E-state index in [1.54, 1.807) is 11.8 Å². The molecular formula is C16H24N2OS. The van der Waals surface area contributed by atoms with Crippen LogP contribution in [-0.4, -0.2) is 30.1 Å². The van der Waals surface area contributed by atoms with Gasteiger partial charge in [0.15, 0.2) is 0 Å². The third-order valence-corrected chi connectivity index (χ3v) is 4.71. The number of aryl methyl sites for hydroxylation is 1. The van der Waals surface area contributed by atoms with Crippen LogP contribution in [0.1, 0.15) is 36.5 Å². The molecule has 1 heterocycles. The Hall–Kier alpha value is -1.000. The van der Waals surface area contributed by atoms with Gasteiger partial charge in [-0.3, -0.25) is 10.1 Å². The smallest absolute Gasteiger partial charge is 0.238 e. The molecule has 0 bridgehead atoms. The molecule has 110 valence electrons. The van der Waals surface area contributed by atoms with Gasteiger partial charge in [0.2, 0.25) is 5.91 Å². The summed E-state index contributed by atoms with van der Waals surface area (Å²) in [5, 5.41) is 6.23. The van der Waals surface area contributed by atoms with Crippen molar-refractivity contribution in [2.75, 3.05) is 18.2 Å². The second-order valence-electron chi connectivity index (χ2n) is 5.65. The lowest BCUT2D eigenvalue weighted by molar-refractivity contribution is -0.122. The van der Waals surface area contributed by atoms with Crippen molar-refractivity contribution in [3.63, 3.8) is 0 Å². The van der Waals surface area contributed by atoms with Gasteiger partial charge in [-0.1, -0.05) is 32.0 Å². The highest BCUT2D eigenvalue weighted by Crippen LogP contribution is 2.18. The first kappa shape index (κ1) is 15.4. The quantitative estimate of drug-likeness (QED) is 0.876. The van der Waals surface area contributed by atoms with E-state index in [2.05, 4.69) is 49.6 Å². The number of amides is 1. The lowest BCUT2D eigenvalue weighted by atomic mass is 9.96. The molecule has 1 saturated heterocycles. The second kappa shape index (κ2) is 7.14. The Kier molecular flexibility index (Phi) is 5.49. The second-order valence-corrected chi connectivity index (χ2v) is 6.68. The van der Waals surface area contributed by atoms with Gasteiger partial charge in [-0.2, -0.15) is 0 Å². The lowest BCUT2D eigenvalue weighted by Crippen LogP contribution is -2.42. The normalized spacial score (nSPS) is 18.5. The highest BCUT2D eigenvalue weighted by molar-refractivity contribution is 7.99. The molecular weight excluding hydrogens is 268 g/mol. The molecule has 4 heteroatoms. The number of hydrogen-bond acceptors (Lipinski definition) is 3. The van der Waals surface area contributed by atoms with Crippen LogP contribution in [0, 0.1) is 6.92 Å². The van der Waals surface area contributed by atoms with Crippen LogP contribution in [0.4, 0.5) is 0 Å². The Bertz CT molecular complexity index is 468. The van der Waals surface area contributed by atoms with Crippen LogP contribution in [0.25, 0.3) is 0 Å². The Morgan fingerprint density at radius 1 is 1.50 bits per heavy atom. The molecule has 3 nitrogen and oxygen atoms in total. The molecule has 1 aromatic rings. The van der Waals surface area contributed by atoms with Crippen molar-refractivity contribution in [2.45, 2.75) is 39.2 Å². The maximum Gasteiger partial charge on any atom is 0.238 e. The van der Waals surface area contributed by atoms with Gasteiger partial charge in [-0.25, -0.2) is 0 Å². The minimum absolute atomic E-state index is 0.0110. The molecule has 2 rings (SSSR count). The van der Waals surface area contributed by atoms with E-state index in [-0.39, 0.29) is 11.9 Å². The van der Waals surface area contributed by atoms with E-state index in [0.29, 0.717) is 12.5 Å². The highest BCUT2D eigenvalue weighted by Gasteiger charge is 2.21. The van der Waals surface area contributed by atoms with Gasteiger partial charge in [0.1, 0.15) is 0 Å². The molecule has 1 aromatic carbocycles. The average molecular weight is 292 g/mol. The number of thioether (sulfide) groups is 1. The van der Waals surface area contributed by atoms with Crippen LogP contribution in [0.2, 0.25) is 0 Å². The molecule has 1 unspecified atom stereocenters. The summed E-state index contributed by atoms with van der Waals surface area (Å²) in [6.07, 6.45) is 0.901. The Morgan fingerprint density at radius 2 is 2.30 bits per heavy atom. The molecule has 0 aromatic heterocycles. The molecule has 0 saturated carbocycles. The third kappa shape index (κ3) is 4.00. The van der Waals surface area contributed by atoms with Gasteiger partial charge < -0.3 is 5.32 Å². The van der Waals surface area contributed by atoms with E-state index in [1.165, 1.54) is 16.7 Å². The van der Waals surface area contributed by atoms with Crippen molar-refractivity contribution in [1.82, 2.24) is 10.6 Å². The summed E-state index contributed by atoms with van der Waals surface area (Å²) in [7, 11) is 0. The maximum atomic E-state index is 11.9. The zero-order chi connectivity index (χ0) is 14.5. The zero-order valence-electron chi connectivity index (χ0n) is 12.5. The first-order valence-electron chi connectivity index (χ1n) is 7.26. The standard InChI is InChI=1S/C16H24N2OS/c1-11(2)13-5-4-12(3)14(8-13)6-7-17-16(19)15-9-20-10-18-15/h4-5,8,11,15,18H,6-7,9-10H2,1-3H3,(H,17,19). The summed E-state index contributed by atoms with van der Waals surface area (Å²) in [6, 6.07) is 6.64. The van der Waals surface area contributed by atoms with Gasteiger partial charge in [0.25, 0.3) is 0 Å². The largest absolute Gasteiger partial charge is 0.354 e. The molecule has 0 radical (unpaired) electrons. The molecule has 1 aliphatic rings. The number of nitrogens with one attached hydrogen (secondary N) is 2. The van der Waals surface area contributed by atoms with Crippen molar-refractivity contribution >= 4 is 17.7 Å². The average Bonchev–Trinajstić information content (AvgIpc) is 2.94. The van der Waals surface area contributed by atoms with Crippen molar-refractivity contribution in [2.24, 2.45) is 0 Å². The van der Waals surface area contributed by atoms with Gasteiger partial charge in [0.05, 0.1) is 6.04 Å². The van der Waals surface area contributed by atoms with E-state index in [0.717, 1.165) is 18.1 Å². The summed E-state index contributed by atoms with van der Waals surface area (Å²) in [6.45, 7) is 7.26. The van der Waals surface area contributed by atoms with Crippen molar-refractivity contribution < 1.29 is 4.79 Å². The van der Waals surface area contributed by atoms with Crippen LogP contribution in [0.15, 0.2) is 18.2 Å². The fraction of sp³-hybridized carbons (Fsp3) is 0.562. The van der Waals surface area contributed by atoms with Crippen LogP contribution in [0.5, 0.6) is 0 Å². The Balaban J connectivity index is 1.87. The highest BCUT2D eigenvalue weighted by atomic mass is 32.2. The van der Waals surface area contributed by atoms with Crippen molar-refractivity contribution in [3.8, 4) is 0 Å². The predicted molar refractivity (Wildman–Crippen MR) is 86.2 cm³/mol. The number of carbonyl (C=O) groups excluding carboxylic acids is 1. The molecule has 20 heavy (non-hydrogen) atoms. The fourth-order valence-corrected chi connectivity index (χ4v) is 3.27. The van der Waals surface area contributed by atoms with Crippen LogP contribution < -0.4 is 10.6 Å². The predicted octanol–water partition coefficient (Wildman–Crippen LogP) is 2.44. The summed E-state index contributed by atoms with van der Waals surface area (Å²) >= 11 is 1.78. The summed E-state index contributed by atoms with van der Waals surface area (Å²) in [5.41, 5.74) is 4.01. The lowest BCUT2D eigenvalue weighted by Gasteiger charge is -2.13. The van der Waals surface area contributed by atoms with Gasteiger partial charge in [-0.15, -0.1) is 11.8 Å². The minimum atomic E-state index is -0.0110. The minimum Gasteiger partial charge on any atom is -0.354 e. The summed E-state index contributed by atoms with van der Waals surface area (Å²) < 4.78 is 0. The fourth-order valence-electron chi connectivity index (χ4n) is 2.33. The van der Waals surface area contributed by atoms with E-state index in [9.17, 15) is 4.79 Å². The molecule has 0 spiro atoms. The van der Waals surface area contributed by atoms with E-state index >= 15 is 0 Å². The van der Waals surface area contributed by atoms with Gasteiger partial charge in [-0.05, 0) is 36.0 Å². The topological polar surface area (TPSA) is 41.1 Å². The number of hydrogen-bond donors (Lipinski definition) is 2. The first-order chi connectivity index (χ1) is 9.58. The molecule has 1 atom stereocenters. The number of carbonyl (C=O) groups is 1. The van der Waals surface area contributed by atoms with Crippen molar-refractivity contribution in [3.05, 3.63) is 34.9 Å². The van der Waals surface area contributed by atoms with Crippen molar-refractivity contribution in [1.29, 1.82) is 0 Å². The van der Waals surface area contributed by atoms with E-state index in [1.807, 2.05) is 0 Å². The molecule has 1 aliphatic heterocycles. The van der Waals surface area contributed by atoms with E-state index < -0.39 is 0 Å². The molecule has 1 fully saturated rings. The Labute approximate surface area is 125 Å². The van der Waals surface area contributed by atoms with Gasteiger partial charge >= 0.3 is 0 Å². The van der Waals surface area contributed by atoms with Gasteiger partial charge in [0, 0.05) is 18.2 Å². The molecule has 0 aliphatic carbocycles. The zero-order valence-corrected chi connectivity index (χ0v) is 13.3. The number of rotatable bonds is 5. The monoisotopic (exact) mass is 292 g/mol. The SMILES string of the molecule is Cc1ccc(C(C)C)cc1CCNC(=O)C1CSCN1. The van der Waals surface area contributed by atoms with E-state index in [4.69, 9.17) is 0 Å². The third-order valence-electron chi connectivity index (χ3n) is 3.77. The van der Waals surface area contributed by atoms with Crippen LogP contribution in [-0.2, 0) is 11.2 Å². The summed E-state index contributed by atoms with van der Waals surface area (Å²) in [4.78, 5) is 11.9. The first-order valence-corrected chi connectivity index (χ1v) is 8.41. The molecule has 1 amide bonds. The van der Waals surface area contributed by atoms with Crippen LogP contribution >= 0.6 is 11.8 Å². The van der Waals surface area contributed by atoms with Crippen LogP contribution in [0.3, 0.4) is 0 Å². The molecule has 2 N–H and O–H groups in total. The summed E-state index contributed by atoms with van der Waals surface area (Å²) in [5.74, 6) is 2.44. The maximum absolute atomic E-state index is 11.9.